The number of carbonyl (C=O) groups excluding carboxylic acids is 2. The zero-order valence-corrected chi connectivity index (χ0v) is 19.7. The van der Waals surface area contributed by atoms with Gasteiger partial charge in [-0.2, -0.15) is 0 Å². The number of carbonyl (C=O) groups is 2. The van der Waals surface area contributed by atoms with Gasteiger partial charge in [0.05, 0.1) is 14.2 Å². The molecule has 0 aromatic carbocycles. The van der Waals surface area contributed by atoms with E-state index in [1.807, 2.05) is 0 Å². The van der Waals surface area contributed by atoms with E-state index in [0.717, 1.165) is 19.3 Å². The van der Waals surface area contributed by atoms with Crippen molar-refractivity contribution in [1.82, 2.24) is 0 Å². The van der Waals surface area contributed by atoms with Gasteiger partial charge in [0.15, 0.2) is 11.9 Å². The fraction of sp³-hybridized carbons (Fsp3) is 0.833. The molecule has 1 heterocycles. The molecule has 0 aromatic rings. The topological polar surface area (TPSA) is 91.3 Å². The lowest BCUT2D eigenvalue weighted by Gasteiger charge is -2.18. The summed E-state index contributed by atoms with van der Waals surface area (Å²) in [5.74, 6) is -1.04. The van der Waals surface area contributed by atoms with Crippen molar-refractivity contribution in [3.8, 4) is 0 Å². The Hall–Kier alpha value is -1.76. The molecule has 0 fully saturated rings. The van der Waals surface area contributed by atoms with Gasteiger partial charge in [-0.05, 0) is 6.42 Å². The summed E-state index contributed by atoms with van der Waals surface area (Å²) in [7, 11) is 2.68. The number of hydrogen-bond acceptors (Lipinski definition) is 7. The van der Waals surface area contributed by atoms with Crippen LogP contribution in [0.2, 0.25) is 0 Å². The highest BCUT2D eigenvalue weighted by molar-refractivity contribution is 5.89. The molecule has 7 heteroatoms. The summed E-state index contributed by atoms with van der Waals surface area (Å²) >= 11 is 0. The number of methoxy groups -OCH3 is 2. The van der Waals surface area contributed by atoms with E-state index < -0.39 is 18.2 Å². The molecule has 1 N–H and O–H groups in total. The second-order valence-electron chi connectivity index (χ2n) is 8.17. The number of unbranched alkanes of at least 4 members (excludes halogenated alkanes) is 12. The minimum absolute atomic E-state index is 0.0788. The molecule has 0 amide bonds. The van der Waals surface area contributed by atoms with E-state index in [9.17, 15) is 14.7 Å². The number of aliphatic hydroxyl groups excluding tert-OH is 1. The minimum Gasteiger partial charge on any atom is -0.493 e. The van der Waals surface area contributed by atoms with Crippen LogP contribution in [-0.4, -0.2) is 50.1 Å². The lowest BCUT2D eigenvalue weighted by atomic mass is 10.0. The molecule has 1 aliphatic rings. The highest BCUT2D eigenvalue weighted by Crippen LogP contribution is 2.26. The quantitative estimate of drug-likeness (QED) is 0.227. The van der Waals surface area contributed by atoms with Gasteiger partial charge < -0.3 is 24.1 Å². The maximum atomic E-state index is 11.9. The van der Waals surface area contributed by atoms with Crippen molar-refractivity contribution in [2.24, 2.45) is 0 Å². The fourth-order valence-corrected chi connectivity index (χ4v) is 3.72. The van der Waals surface area contributed by atoms with Gasteiger partial charge in [0, 0.05) is 6.42 Å². The molecule has 0 radical (unpaired) electrons. The van der Waals surface area contributed by atoms with Crippen LogP contribution in [0.3, 0.4) is 0 Å². The molecule has 0 saturated heterocycles. The van der Waals surface area contributed by atoms with E-state index in [1.165, 1.54) is 78.4 Å². The zero-order chi connectivity index (χ0) is 22.9. The Morgan fingerprint density at radius 2 is 1.42 bits per heavy atom. The summed E-state index contributed by atoms with van der Waals surface area (Å²) in [5.41, 5.74) is 0. The Kier molecular flexibility index (Phi) is 14.8. The third-order valence-electron chi connectivity index (χ3n) is 5.57. The van der Waals surface area contributed by atoms with Crippen molar-refractivity contribution in [2.45, 2.75) is 109 Å². The Morgan fingerprint density at radius 3 is 1.90 bits per heavy atom. The molecule has 0 bridgehead atoms. The molecule has 180 valence electrons. The molecule has 7 nitrogen and oxygen atoms in total. The van der Waals surface area contributed by atoms with Gasteiger partial charge in [-0.15, -0.1) is 0 Å². The van der Waals surface area contributed by atoms with Crippen LogP contribution in [0, 0.1) is 0 Å². The summed E-state index contributed by atoms with van der Waals surface area (Å²) in [6.07, 6.45) is 14.3. The SMILES string of the molecule is CCCCCCCCCCCCCCCC(=O)OC[C@H](O)[C@H]1OC(=O)C(OC)=C1OC. The van der Waals surface area contributed by atoms with Gasteiger partial charge in [-0.1, -0.05) is 84.0 Å². The predicted molar refractivity (Wildman–Crippen MR) is 118 cm³/mol. The molecule has 0 unspecified atom stereocenters. The first kappa shape index (κ1) is 27.3. The van der Waals surface area contributed by atoms with Crippen LogP contribution < -0.4 is 0 Å². The maximum Gasteiger partial charge on any atom is 0.378 e. The Bertz CT molecular complexity index is 544. The summed E-state index contributed by atoms with van der Waals surface area (Å²) in [5, 5.41) is 10.2. The van der Waals surface area contributed by atoms with Gasteiger partial charge in [0.2, 0.25) is 5.76 Å². The van der Waals surface area contributed by atoms with Gasteiger partial charge in [0.1, 0.15) is 12.7 Å². The van der Waals surface area contributed by atoms with Crippen molar-refractivity contribution in [1.29, 1.82) is 0 Å². The van der Waals surface area contributed by atoms with Crippen LogP contribution in [0.1, 0.15) is 96.8 Å². The fourth-order valence-electron chi connectivity index (χ4n) is 3.72. The van der Waals surface area contributed by atoms with Crippen molar-refractivity contribution in [3.63, 3.8) is 0 Å². The number of hydrogen-bond donors (Lipinski definition) is 1. The third-order valence-corrected chi connectivity index (χ3v) is 5.57. The predicted octanol–water partition coefficient (Wildman–Crippen LogP) is 4.80. The van der Waals surface area contributed by atoms with Crippen LogP contribution in [0.15, 0.2) is 11.5 Å². The van der Waals surface area contributed by atoms with Crippen LogP contribution in [0.25, 0.3) is 0 Å². The zero-order valence-electron chi connectivity index (χ0n) is 19.7. The van der Waals surface area contributed by atoms with Crippen LogP contribution >= 0.6 is 0 Å². The summed E-state index contributed by atoms with van der Waals surface area (Å²) in [4.78, 5) is 23.6. The number of cyclic esters (lactones) is 1. The number of rotatable bonds is 19. The number of ether oxygens (including phenoxy) is 4. The van der Waals surface area contributed by atoms with E-state index in [4.69, 9.17) is 18.9 Å². The summed E-state index contributed by atoms with van der Waals surface area (Å²) in [6, 6.07) is 0. The maximum absolute atomic E-state index is 11.9. The molecule has 1 rings (SSSR count). The molecule has 31 heavy (non-hydrogen) atoms. The molecule has 0 spiro atoms. The van der Waals surface area contributed by atoms with E-state index in [1.54, 1.807) is 0 Å². The average Bonchev–Trinajstić information content (AvgIpc) is 3.10. The first-order valence-electron chi connectivity index (χ1n) is 11.9. The first-order valence-corrected chi connectivity index (χ1v) is 11.9. The van der Waals surface area contributed by atoms with Gasteiger partial charge in [0.25, 0.3) is 0 Å². The molecule has 0 aromatic heterocycles. The highest BCUT2D eigenvalue weighted by atomic mass is 16.6. The van der Waals surface area contributed by atoms with Crippen molar-refractivity contribution < 1.29 is 33.6 Å². The molecule has 1 aliphatic heterocycles. The van der Waals surface area contributed by atoms with Gasteiger partial charge in [-0.3, -0.25) is 4.79 Å². The molecule has 0 saturated carbocycles. The molecular formula is C24H42O7. The summed E-state index contributed by atoms with van der Waals surface area (Å²) in [6.45, 7) is 1.98. The van der Waals surface area contributed by atoms with E-state index in [2.05, 4.69) is 6.92 Å². The molecular weight excluding hydrogens is 400 g/mol. The smallest absolute Gasteiger partial charge is 0.378 e. The lowest BCUT2D eigenvalue weighted by molar-refractivity contribution is -0.154. The monoisotopic (exact) mass is 442 g/mol. The average molecular weight is 443 g/mol. The largest absolute Gasteiger partial charge is 0.493 e. The van der Waals surface area contributed by atoms with Gasteiger partial charge >= 0.3 is 11.9 Å². The van der Waals surface area contributed by atoms with E-state index in [0.29, 0.717) is 6.42 Å². The Morgan fingerprint density at radius 1 is 0.903 bits per heavy atom. The second kappa shape index (κ2) is 16.9. The molecule has 0 aliphatic carbocycles. The number of esters is 2. The second-order valence-corrected chi connectivity index (χ2v) is 8.17. The van der Waals surface area contributed by atoms with Gasteiger partial charge in [-0.25, -0.2) is 4.79 Å². The minimum atomic E-state index is -1.21. The summed E-state index contributed by atoms with van der Waals surface area (Å²) < 4.78 is 20.2. The van der Waals surface area contributed by atoms with Crippen LogP contribution in [0.4, 0.5) is 0 Å². The van der Waals surface area contributed by atoms with Crippen molar-refractivity contribution in [3.05, 3.63) is 11.5 Å². The van der Waals surface area contributed by atoms with Crippen molar-refractivity contribution in [2.75, 3.05) is 20.8 Å². The van der Waals surface area contributed by atoms with E-state index in [-0.39, 0.29) is 24.1 Å². The van der Waals surface area contributed by atoms with Crippen LogP contribution in [-0.2, 0) is 28.5 Å². The Balaban J connectivity index is 2.02. The first-order chi connectivity index (χ1) is 15.0. The van der Waals surface area contributed by atoms with Crippen LogP contribution in [0.5, 0.6) is 0 Å². The Labute approximate surface area is 187 Å². The lowest BCUT2D eigenvalue weighted by Crippen LogP contribution is -2.34. The number of aliphatic hydroxyl groups is 1. The van der Waals surface area contributed by atoms with E-state index >= 15 is 0 Å². The molecule has 2 atom stereocenters. The normalized spacial score (nSPS) is 16.9. The standard InChI is InChI=1S/C24H42O7/c1-4-5-6-7-8-9-10-11-12-13-14-15-16-17-20(26)30-18-19(25)21-22(28-2)23(29-3)24(27)31-21/h19,21,25H,4-18H2,1-3H3/t19-,21+/m0/s1. The highest BCUT2D eigenvalue weighted by Gasteiger charge is 2.41. The van der Waals surface area contributed by atoms with Crippen molar-refractivity contribution >= 4 is 11.9 Å². The third kappa shape index (κ3) is 10.9.